The van der Waals surface area contributed by atoms with Gasteiger partial charge in [-0.15, -0.1) is 0 Å². The van der Waals surface area contributed by atoms with Crippen molar-refractivity contribution in [3.8, 4) is 0 Å². The molecule has 0 spiro atoms. The Bertz CT molecular complexity index is 436. The van der Waals surface area contributed by atoms with Gasteiger partial charge in [-0.05, 0) is 25.0 Å². The van der Waals surface area contributed by atoms with Gasteiger partial charge in [0, 0.05) is 31.4 Å². The summed E-state index contributed by atoms with van der Waals surface area (Å²) in [6.07, 6.45) is -0.359. The molecule has 2 heterocycles. The van der Waals surface area contributed by atoms with Gasteiger partial charge in [0.2, 0.25) is 0 Å². The molecule has 94 valence electrons. The Kier molecular flexibility index (Phi) is 3.57. The minimum absolute atomic E-state index is 0.0948. The lowest BCUT2D eigenvalue weighted by Crippen LogP contribution is -2.24. The topological polar surface area (TPSA) is 36.1 Å². The molecule has 0 aromatic carbocycles. The third-order valence-corrected chi connectivity index (χ3v) is 3.12. The van der Waals surface area contributed by atoms with E-state index in [1.54, 1.807) is 18.0 Å². The number of pyridine rings is 1. The molecule has 1 aromatic heterocycles. The van der Waals surface area contributed by atoms with Crippen molar-refractivity contribution in [2.24, 2.45) is 0 Å². The first kappa shape index (κ1) is 12.2. The minimum atomic E-state index is -1.35. The second kappa shape index (κ2) is 4.96. The average molecular weight is 242 g/mol. The number of rotatable bonds is 3. The van der Waals surface area contributed by atoms with Crippen molar-refractivity contribution in [2.75, 3.05) is 19.6 Å². The Balaban J connectivity index is 1.90. The molecule has 5 heteroatoms. The number of likely N-dealkylation sites (tertiary alicyclic amines) is 1. The first-order chi connectivity index (χ1) is 8.06. The molecule has 0 aliphatic carbocycles. The summed E-state index contributed by atoms with van der Waals surface area (Å²) in [6, 6.07) is 1.81. The third kappa shape index (κ3) is 2.91. The van der Waals surface area contributed by atoms with Crippen LogP contribution in [0, 0.1) is 6.92 Å². The summed E-state index contributed by atoms with van der Waals surface area (Å²) in [6.45, 7) is 2.70. The molecule has 0 saturated carbocycles. The van der Waals surface area contributed by atoms with Crippen molar-refractivity contribution in [1.82, 2.24) is 9.88 Å². The van der Waals surface area contributed by atoms with Crippen LogP contribution in [0.5, 0.6) is 0 Å². The number of nitrogens with zero attached hydrogens (tertiary/aromatic N) is 1. The van der Waals surface area contributed by atoms with Crippen molar-refractivity contribution in [2.45, 2.75) is 25.7 Å². The number of aromatic amines is 1. The highest BCUT2D eigenvalue weighted by Crippen LogP contribution is 2.16. The number of hydrogen-bond donors (Lipinski definition) is 1. The van der Waals surface area contributed by atoms with E-state index in [9.17, 15) is 13.6 Å². The van der Waals surface area contributed by atoms with Crippen LogP contribution in [0.4, 0.5) is 8.78 Å². The van der Waals surface area contributed by atoms with Gasteiger partial charge in [-0.3, -0.25) is 9.69 Å². The standard InChI is InChI=1S/C12H16F2N2O/c1-8-4-9(5-15-12(8)17)2-3-16-6-10(13)11(14)7-16/h4-5,10-11H,2-3,6-7H2,1H3,(H,15,17)/t10-,11-/m0/s1. The lowest BCUT2D eigenvalue weighted by Gasteiger charge is -2.13. The maximum Gasteiger partial charge on any atom is 0.250 e. The van der Waals surface area contributed by atoms with Crippen molar-refractivity contribution in [3.05, 3.63) is 33.7 Å². The van der Waals surface area contributed by atoms with Crippen LogP contribution >= 0.6 is 0 Å². The van der Waals surface area contributed by atoms with Gasteiger partial charge in [0.25, 0.3) is 5.56 Å². The molecule has 1 fully saturated rings. The van der Waals surface area contributed by atoms with E-state index < -0.39 is 12.3 Å². The predicted molar refractivity (Wildman–Crippen MR) is 61.7 cm³/mol. The number of aryl methyl sites for hydroxylation is 1. The van der Waals surface area contributed by atoms with Crippen LogP contribution in [-0.2, 0) is 6.42 Å². The van der Waals surface area contributed by atoms with Crippen LogP contribution < -0.4 is 5.56 Å². The normalized spacial score (nSPS) is 25.4. The van der Waals surface area contributed by atoms with Crippen molar-refractivity contribution in [3.63, 3.8) is 0 Å². The molecular formula is C12H16F2N2O. The van der Waals surface area contributed by atoms with Crippen molar-refractivity contribution >= 4 is 0 Å². The van der Waals surface area contributed by atoms with E-state index in [2.05, 4.69) is 4.98 Å². The van der Waals surface area contributed by atoms with Gasteiger partial charge >= 0.3 is 0 Å². The molecule has 1 aromatic rings. The number of halogens is 2. The fraction of sp³-hybridized carbons (Fsp3) is 0.583. The second-order valence-corrected chi connectivity index (χ2v) is 4.56. The summed E-state index contributed by atoms with van der Waals surface area (Å²) in [4.78, 5) is 15.6. The highest BCUT2D eigenvalue weighted by molar-refractivity contribution is 5.17. The van der Waals surface area contributed by atoms with Crippen molar-refractivity contribution < 1.29 is 8.78 Å². The first-order valence-electron chi connectivity index (χ1n) is 5.75. The Morgan fingerprint density at radius 2 is 2.06 bits per heavy atom. The van der Waals surface area contributed by atoms with E-state index >= 15 is 0 Å². The Morgan fingerprint density at radius 1 is 1.41 bits per heavy atom. The van der Waals surface area contributed by atoms with Crippen molar-refractivity contribution in [1.29, 1.82) is 0 Å². The molecule has 1 aliphatic rings. The lowest BCUT2D eigenvalue weighted by atomic mass is 10.1. The molecule has 1 N–H and O–H groups in total. The third-order valence-electron chi connectivity index (χ3n) is 3.12. The van der Waals surface area contributed by atoms with Crippen LogP contribution in [0.25, 0.3) is 0 Å². The van der Waals surface area contributed by atoms with Crippen LogP contribution in [0.1, 0.15) is 11.1 Å². The van der Waals surface area contributed by atoms with E-state index in [-0.39, 0.29) is 18.6 Å². The Hall–Kier alpha value is -1.23. The lowest BCUT2D eigenvalue weighted by molar-refractivity contribution is 0.217. The van der Waals surface area contributed by atoms with Gasteiger partial charge in [0.05, 0.1) is 0 Å². The van der Waals surface area contributed by atoms with E-state index in [4.69, 9.17) is 0 Å². The van der Waals surface area contributed by atoms with E-state index in [1.807, 2.05) is 6.07 Å². The fourth-order valence-corrected chi connectivity index (χ4v) is 2.07. The van der Waals surface area contributed by atoms with Crippen LogP contribution in [0.15, 0.2) is 17.1 Å². The second-order valence-electron chi connectivity index (χ2n) is 4.56. The molecule has 17 heavy (non-hydrogen) atoms. The predicted octanol–water partition coefficient (Wildman–Crippen LogP) is 1.22. The molecule has 1 aliphatic heterocycles. The maximum atomic E-state index is 12.9. The molecule has 3 nitrogen and oxygen atoms in total. The van der Waals surface area contributed by atoms with Gasteiger partial charge in [-0.2, -0.15) is 0 Å². The number of hydrogen-bond acceptors (Lipinski definition) is 2. The minimum Gasteiger partial charge on any atom is -0.329 e. The average Bonchev–Trinajstić information content (AvgIpc) is 2.60. The van der Waals surface area contributed by atoms with Gasteiger partial charge in [0.1, 0.15) is 12.3 Å². The van der Waals surface area contributed by atoms with E-state index in [0.717, 1.165) is 5.56 Å². The largest absolute Gasteiger partial charge is 0.329 e. The van der Waals surface area contributed by atoms with E-state index in [0.29, 0.717) is 18.5 Å². The Morgan fingerprint density at radius 3 is 2.65 bits per heavy atom. The summed E-state index contributed by atoms with van der Waals surface area (Å²) in [5.41, 5.74) is 1.55. The van der Waals surface area contributed by atoms with Gasteiger partial charge in [-0.1, -0.05) is 0 Å². The van der Waals surface area contributed by atoms with Gasteiger partial charge in [0.15, 0.2) is 0 Å². The summed E-state index contributed by atoms with van der Waals surface area (Å²) >= 11 is 0. The SMILES string of the molecule is Cc1cc(CCN2C[C@H](F)[C@@H](F)C2)c[nH]c1=O. The zero-order valence-electron chi connectivity index (χ0n) is 9.75. The first-order valence-corrected chi connectivity index (χ1v) is 5.75. The number of H-pyrrole nitrogens is 1. The van der Waals surface area contributed by atoms with Crippen LogP contribution in [-0.4, -0.2) is 41.9 Å². The summed E-state index contributed by atoms with van der Waals surface area (Å²) < 4.78 is 25.9. The van der Waals surface area contributed by atoms with Crippen LogP contribution in [0.2, 0.25) is 0 Å². The van der Waals surface area contributed by atoms with Gasteiger partial charge < -0.3 is 4.98 Å². The van der Waals surface area contributed by atoms with E-state index in [1.165, 1.54) is 0 Å². The van der Waals surface area contributed by atoms with Gasteiger partial charge in [-0.25, -0.2) is 8.78 Å². The number of nitrogens with one attached hydrogen (secondary N) is 1. The monoisotopic (exact) mass is 242 g/mol. The smallest absolute Gasteiger partial charge is 0.250 e. The molecular weight excluding hydrogens is 226 g/mol. The number of aromatic nitrogens is 1. The molecule has 0 unspecified atom stereocenters. The molecule has 2 rings (SSSR count). The maximum absolute atomic E-state index is 12.9. The molecule has 0 bridgehead atoms. The zero-order chi connectivity index (χ0) is 12.4. The molecule has 0 amide bonds. The zero-order valence-corrected chi connectivity index (χ0v) is 9.75. The summed E-state index contributed by atoms with van der Waals surface area (Å²) in [5.74, 6) is 0. The molecule has 0 radical (unpaired) electrons. The van der Waals surface area contributed by atoms with Crippen LogP contribution in [0.3, 0.4) is 0 Å². The number of alkyl halides is 2. The Labute approximate surface area is 98.5 Å². The fourth-order valence-electron chi connectivity index (χ4n) is 2.07. The summed E-state index contributed by atoms with van der Waals surface area (Å²) in [7, 11) is 0. The molecule has 1 saturated heterocycles. The quantitative estimate of drug-likeness (QED) is 0.865. The summed E-state index contributed by atoms with van der Waals surface area (Å²) in [5, 5.41) is 0. The highest BCUT2D eigenvalue weighted by atomic mass is 19.2. The molecule has 2 atom stereocenters. The highest BCUT2D eigenvalue weighted by Gasteiger charge is 2.32.